The predicted molar refractivity (Wildman–Crippen MR) is 77.1 cm³/mol. The fourth-order valence-corrected chi connectivity index (χ4v) is 3.63. The second kappa shape index (κ2) is 5.91. The number of pyridine rings is 1. The molecule has 1 saturated heterocycles. The minimum absolute atomic E-state index is 0.0106. The molecule has 1 atom stereocenters. The van der Waals surface area contributed by atoms with Gasteiger partial charge in [-0.15, -0.1) is 0 Å². The Balaban J connectivity index is 2.05. The molecule has 2 heterocycles. The van der Waals surface area contributed by atoms with Crippen LogP contribution in [0.15, 0.2) is 18.5 Å². The van der Waals surface area contributed by atoms with E-state index in [4.69, 9.17) is 0 Å². The summed E-state index contributed by atoms with van der Waals surface area (Å²) in [6.07, 6.45) is 4.23. The van der Waals surface area contributed by atoms with Crippen LogP contribution in [0.25, 0.3) is 0 Å². The van der Waals surface area contributed by atoms with Crippen LogP contribution in [-0.4, -0.2) is 48.3 Å². The first-order valence-electron chi connectivity index (χ1n) is 6.79. The third-order valence-corrected chi connectivity index (χ3v) is 6.11. The number of aryl methyl sites for hydroxylation is 1. The van der Waals surface area contributed by atoms with Gasteiger partial charge in [0.1, 0.15) is 0 Å². The van der Waals surface area contributed by atoms with Crippen LogP contribution in [-0.2, 0) is 21.1 Å². The SMILES string of the molecule is Cc1cnccc1CC(=O)N1CC[C@H](C)S(=O)(=O)CC1. The number of sulfone groups is 1. The van der Waals surface area contributed by atoms with E-state index in [0.717, 1.165) is 11.1 Å². The maximum Gasteiger partial charge on any atom is 0.227 e. The van der Waals surface area contributed by atoms with Crippen LogP contribution < -0.4 is 0 Å². The fraction of sp³-hybridized carbons (Fsp3) is 0.571. The molecule has 20 heavy (non-hydrogen) atoms. The van der Waals surface area contributed by atoms with E-state index in [2.05, 4.69) is 4.98 Å². The van der Waals surface area contributed by atoms with Gasteiger partial charge >= 0.3 is 0 Å². The topological polar surface area (TPSA) is 67.3 Å². The van der Waals surface area contributed by atoms with Gasteiger partial charge in [0, 0.05) is 25.5 Å². The molecule has 5 nitrogen and oxygen atoms in total. The molecule has 1 fully saturated rings. The number of rotatable bonds is 2. The summed E-state index contributed by atoms with van der Waals surface area (Å²) >= 11 is 0. The van der Waals surface area contributed by atoms with Crippen molar-refractivity contribution < 1.29 is 13.2 Å². The van der Waals surface area contributed by atoms with Crippen LogP contribution in [0.5, 0.6) is 0 Å². The van der Waals surface area contributed by atoms with Crippen molar-refractivity contribution in [1.29, 1.82) is 0 Å². The van der Waals surface area contributed by atoms with E-state index in [-0.39, 0.29) is 16.9 Å². The summed E-state index contributed by atoms with van der Waals surface area (Å²) in [6, 6.07) is 1.84. The molecular weight excluding hydrogens is 276 g/mol. The van der Waals surface area contributed by atoms with Gasteiger partial charge < -0.3 is 4.90 Å². The Kier molecular flexibility index (Phi) is 4.42. The van der Waals surface area contributed by atoms with Gasteiger partial charge in [-0.2, -0.15) is 0 Å². The van der Waals surface area contributed by atoms with Crippen molar-refractivity contribution in [3.8, 4) is 0 Å². The number of nitrogens with zero attached hydrogens (tertiary/aromatic N) is 2. The van der Waals surface area contributed by atoms with Gasteiger partial charge in [0.25, 0.3) is 0 Å². The van der Waals surface area contributed by atoms with Crippen molar-refractivity contribution in [2.45, 2.75) is 31.9 Å². The zero-order chi connectivity index (χ0) is 14.8. The molecule has 0 bridgehead atoms. The van der Waals surface area contributed by atoms with Gasteiger partial charge in [0.15, 0.2) is 9.84 Å². The van der Waals surface area contributed by atoms with Gasteiger partial charge in [-0.3, -0.25) is 9.78 Å². The molecule has 0 unspecified atom stereocenters. The first kappa shape index (κ1) is 15.0. The summed E-state index contributed by atoms with van der Waals surface area (Å²) in [6.45, 7) is 4.46. The molecule has 1 aromatic heterocycles. The van der Waals surface area contributed by atoms with Crippen molar-refractivity contribution >= 4 is 15.7 Å². The van der Waals surface area contributed by atoms with Crippen LogP contribution in [0.4, 0.5) is 0 Å². The molecular formula is C14H20N2O3S. The smallest absolute Gasteiger partial charge is 0.227 e. The highest BCUT2D eigenvalue weighted by Gasteiger charge is 2.28. The van der Waals surface area contributed by atoms with Gasteiger partial charge in [-0.05, 0) is 37.5 Å². The molecule has 110 valence electrons. The number of carbonyl (C=O) groups is 1. The van der Waals surface area contributed by atoms with Crippen LogP contribution in [0.3, 0.4) is 0 Å². The van der Waals surface area contributed by atoms with Crippen molar-refractivity contribution in [3.05, 3.63) is 29.6 Å². The Hall–Kier alpha value is -1.43. The highest BCUT2D eigenvalue weighted by atomic mass is 32.2. The van der Waals surface area contributed by atoms with Crippen LogP contribution in [0.1, 0.15) is 24.5 Å². The Labute approximate surface area is 119 Å². The second-order valence-corrected chi connectivity index (χ2v) is 7.86. The lowest BCUT2D eigenvalue weighted by molar-refractivity contribution is -0.130. The van der Waals surface area contributed by atoms with E-state index < -0.39 is 9.84 Å². The lowest BCUT2D eigenvalue weighted by atomic mass is 10.1. The Morgan fingerprint density at radius 1 is 1.45 bits per heavy atom. The van der Waals surface area contributed by atoms with E-state index >= 15 is 0 Å². The normalized spacial score (nSPS) is 22.3. The van der Waals surface area contributed by atoms with E-state index in [1.807, 2.05) is 13.0 Å². The molecule has 1 aliphatic rings. The van der Waals surface area contributed by atoms with Gasteiger partial charge in [-0.25, -0.2) is 8.42 Å². The molecule has 1 amide bonds. The number of amides is 1. The quantitative estimate of drug-likeness (QED) is 0.815. The first-order chi connectivity index (χ1) is 9.40. The lowest BCUT2D eigenvalue weighted by Gasteiger charge is -2.20. The average Bonchev–Trinajstić information content (AvgIpc) is 2.53. The van der Waals surface area contributed by atoms with Gasteiger partial charge in [0.05, 0.1) is 17.4 Å². The molecule has 0 aromatic carbocycles. The minimum atomic E-state index is -3.05. The third kappa shape index (κ3) is 3.36. The number of hydrogen-bond donors (Lipinski definition) is 0. The van der Waals surface area contributed by atoms with Gasteiger partial charge in [0.2, 0.25) is 5.91 Å². The Morgan fingerprint density at radius 3 is 2.90 bits per heavy atom. The van der Waals surface area contributed by atoms with Crippen LogP contribution in [0.2, 0.25) is 0 Å². The summed E-state index contributed by atoms with van der Waals surface area (Å²) in [5, 5.41) is -0.358. The van der Waals surface area contributed by atoms with Crippen LogP contribution in [0, 0.1) is 6.92 Å². The molecule has 0 N–H and O–H groups in total. The highest BCUT2D eigenvalue weighted by Crippen LogP contribution is 2.15. The molecule has 0 radical (unpaired) electrons. The third-order valence-electron chi connectivity index (χ3n) is 3.90. The van der Waals surface area contributed by atoms with E-state index in [1.165, 1.54) is 0 Å². The average molecular weight is 296 g/mol. The zero-order valence-corrected chi connectivity index (χ0v) is 12.7. The highest BCUT2D eigenvalue weighted by molar-refractivity contribution is 7.92. The van der Waals surface area contributed by atoms with E-state index in [0.29, 0.717) is 25.9 Å². The van der Waals surface area contributed by atoms with E-state index in [1.54, 1.807) is 24.2 Å². The second-order valence-electron chi connectivity index (χ2n) is 5.33. The summed E-state index contributed by atoms with van der Waals surface area (Å²) in [4.78, 5) is 18.0. The molecule has 6 heteroatoms. The summed E-state index contributed by atoms with van der Waals surface area (Å²) in [7, 11) is -3.05. The predicted octanol–water partition coefficient (Wildman–Crippen LogP) is 0.968. The molecule has 0 spiro atoms. The summed E-state index contributed by atoms with van der Waals surface area (Å²) in [5.74, 6) is 0.0542. The molecule has 1 aliphatic heterocycles. The van der Waals surface area contributed by atoms with Crippen molar-refractivity contribution in [1.82, 2.24) is 9.88 Å². The van der Waals surface area contributed by atoms with Crippen molar-refractivity contribution in [2.24, 2.45) is 0 Å². The Bertz CT molecular complexity index is 598. The standard InChI is InChI=1S/C14H20N2O3S/c1-11-10-15-5-3-13(11)9-14(17)16-6-4-12(2)20(18,19)8-7-16/h3,5,10,12H,4,6-9H2,1-2H3/t12-/m0/s1. The monoisotopic (exact) mass is 296 g/mol. The van der Waals surface area contributed by atoms with Gasteiger partial charge in [-0.1, -0.05) is 0 Å². The largest absolute Gasteiger partial charge is 0.341 e. The molecule has 1 aromatic rings. The summed E-state index contributed by atoms with van der Waals surface area (Å²) in [5.41, 5.74) is 1.93. The number of hydrogen-bond acceptors (Lipinski definition) is 4. The first-order valence-corrected chi connectivity index (χ1v) is 8.50. The van der Waals surface area contributed by atoms with E-state index in [9.17, 15) is 13.2 Å². The lowest BCUT2D eigenvalue weighted by Crippen LogP contribution is -2.34. The fourth-order valence-electron chi connectivity index (χ4n) is 2.29. The number of aromatic nitrogens is 1. The zero-order valence-electron chi connectivity index (χ0n) is 11.9. The molecule has 2 rings (SSSR count). The minimum Gasteiger partial charge on any atom is -0.341 e. The Morgan fingerprint density at radius 2 is 2.20 bits per heavy atom. The van der Waals surface area contributed by atoms with Crippen LogP contribution >= 0.6 is 0 Å². The van der Waals surface area contributed by atoms with Crippen molar-refractivity contribution in [2.75, 3.05) is 18.8 Å². The summed E-state index contributed by atoms with van der Waals surface area (Å²) < 4.78 is 23.7. The maximum absolute atomic E-state index is 12.3. The molecule has 0 aliphatic carbocycles. The molecule has 0 saturated carbocycles. The van der Waals surface area contributed by atoms with Crippen molar-refractivity contribution in [3.63, 3.8) is 0 Å². The maximum atomic E-state index is 12.3. The number of carbonyl (C=O) groups excluding carboxylic acids is 1.